The highest BCUT2D eigenvalue weighted by Gasteiger charge is 2.37. The Bertz CT molecular complexity index is 952. The number of rotatable bonds is 12. The van der Waals surface area contributed by atoms with Crippen molar-refractivity contribution in [3.8, 4) is 5.75 Å². The van der Waals surface area contributed by atoms with Crippen LogP contribution in [0.4, 0.5) is 0 Å². The van der Waals surface area contributed by atoms with Crippen LogP contribution in [0.25, 0.3) is 0 Å². The lowest BCUT2D eigenvalue weighted by molar-refractivity contribution is -0.138. The number of ether oxygens (including phenoxy) is 2. The number of amides is 1. The number of carbonyl (C=O) groups excluding carboxylic acids is 1. The maximum absolute atomic E-state index is 13.5. The van der Waals surface area contributed by atoms with Gasteiger partial charge in [0.2, 0.25) is 15.9 Å². The average molecular weight is 525 g/mol. The summed E-state index contributed by atoms with van der Waals surface area (Å²) >= 11 is 0. The molecule has 204 valence electrons. The van der Waals surface area contributed by atoms with Crippen molar-refractivity contribution >= 4 is 15.9 Å². The summed E-state index contributed by atoms with van der Waals surface area (Å²) in [4.78, 5) is 19.7. The monoisotopic (exact) mass is 524 g/mol. The second-order valence-corrected chi connectivity index (χ2v) is 11.6. The summed E-state index contributed by atoms with van der Waals surface area (Å²) in [5, 5.41) is 0. The van der Waals surface area contributed by atoms with Crippen LogP contribution in [-0.4, -0.2) is 119 Å². The summed E-state index contributed by atoms with van der Waals surface area (Å²) in [7, 11) is -2.10. The van der Waals surface area contributed by atoms with Crippen molar-refractivity contribution in [3.63, 3.8) is 0 Å². The predicted octanol–water partition coefficient (Wildman–Crippen LogP) is 1.97. The van der Waals surface area contributed by atoms with Gasteiger partial charge in [-0.1, -0.05) is 13.8 Å². The van der Waals surface area contributed by atoms with Crippen LogP contribution < -0.4 is 4.74 Å². The SMILES string of the molecule is CCN(CC)CCN1CCN(C(=O)COC[C@@H]2CCCN2S(=O)(=O)c2c(C)cc(OC)cc2C)CC1. The summed E-state index contributed by atoms with van der Waals surface area (Å²) in [5.41, 5.74) is 1.34. The number of piperazine rings is 1. The lowest BCUT2D eigenvalue weighted by atomic mass is 10.1. The normalized spacial score (nSPS) is 19.8. The van der Waals surface area contributed by atoms with Gasteiger partial charge in [-0.05, 0) is 63.0 Å². The first-order valence-electron chi connectivity index (χ1n) is 13.2. The van der Waals surface area contributed by atoms with E-state index in [0.29, 0.717) is 41.4 Å². The van der Waals surface area contributed by atoms with Crippen molar-refractivity contribution in [2.75, 3.05) is 79.2 Å². The van der Waals surface area contributed by atoms with Crippen LogP contribution >= 0.6 is 0 Å². The maximum atomic E-state index is 13.5. The second-order valence-electron chi connectivity index (χ2n) is 9.77. The van der Waals surface area contributed by atoms with Crippen molar-refractivity contribution < 1.29 is 22.7 Å². The molecule has 1 aromatic rings. The van der Waals surface area contributed by atoms with Crippen molar-refractivity contribution in [1.29, 1.82) is 0 Å². The Labute approximate surface area is 217 Å². The molecule has 2 aliphatic rings. The fourth-order valence-electron chi connectivity index (χ4n) is 5.26. The summed E-state index contributed by atoms with van der Waals surface area (Å²) in [5.74, 6) is 0.626. The number of hydrogen-bond acceptors (Lipinski definition) is 7. The molecule has 0 saturated carbocycles. The van der Waals surface area contributed by atoms with Crippen LogP contribution in [0.1, 0.15) is 37.8 Å². The summed E-state index contributed by atoms with van der Waals surface area (Å²) in [6.45, 7) is 16.0. The Kier molecular flexibility index (Phi) is 10.6. The maximum Gasteiger partial charge on any atom is 0.248 e. The zero-order valence-corrected chi connectivity index (χ0v) is 23.5. The summed E-state index contributed by atoms with van der Waals surface area (Å²) in [6, 6.07) is 3.24. The largest absolute Gasteiger partial charge is 0.497 e. The molecule has 0 bridgehead atoms. The number of methoxy groups -OCH3 is 1. The molecule has 1 aromatic carbocycles. The quantitative estimate of drug-likeness (QED) is 0.413. The van der Waals surface area contributed by atoms with Gasteiger partial charge in [0.15, 0.2) is 0 Å². The highest BCUT2D eigenvalue weighted by molar-refractivity contribution is 7.89. The molecule has 36 heavy (non-hydrogen) atoms. The average Bonchev–Trinajstić information content (AvgIpc) is 3.34. The molecule has 3 rings (SSSR count). The molecule has 0 radical (unpaired) electrons. The molecular formula is C26H44N4O5S. The van der Waals surface area contributed by atoms with E-state index in [4.69, 9.17) is 9.47 Å². The van der Waals surface area contributed by atoms with Crippen LogP contribution in [0.5, 0.6) is 5.75 Å². The number of aryl methyl sites for hydroxylation is 2. The smallest absolute Gasteiger partial charge is 0.248 e. The molecule has 1 amide bonds. The summed E-state index contributed by atoms with van der Waals surface area (Å²) < 4.78 is 39.7. The molecule has 2 saturated heterocycles. The third-order valence-electron chi connectivity index (χ3n) is 7.45. The van der Waals surface area contributed by atoms with Gasteiger partial charge >= 0.3 is 0 Å². The molecule has 0 spiro atoms. The van der Waals surface area contributed by atoms with Gasteiger partial charge in [-0.2, -0.15) is 4.31 Å². The first kappa shape index (κ1) is 28.8. The van der Waals surface area contributed by atoms with Gasteiger partial charge in [-0.15, -0.1) is 0 Å². The van der Waals surface area contributed by atoms with Gasteiger partial charge in [0, 0.05) is 51.9 Å². The lowest BCUT2D eigenvalue weighted by Crippen LogP contribution is -2.51. The van der Waals surface area contributed by atoms with Crippen molar-refractivity contribution in [3.05, 3.63) is 23.3 Å². The van der Waals surface area contributed by atoms with Crippen molar-refractivity contribution in [2.45, 2.75) is 51.5 Å². The van der Waals surface area contributed by atoms with E-state index < -0.39 is 10.0 Å². The van der Waals surface area contributed by atoms with Crippen LogP contribution in [0.15, 0.2) is 17.0 Å². The number of benzene rings is 1. The predicted molar refractivity (Wildman–Crippen MR) is 141 cm³/mol. The molecule has 2 fully saturated rings. The van der Waals surface area contributed by atoms with Gasteiger partial charge in [0.05, 0.1) is 18.6 Å². The fraction of sp³-hybridized carbons (Fsp3) is 0.731. The molecule has 9 nitrogen and oxygen atoms in total. The molecule has 0 aliphatic carbocycles. The molecular weight excluding hydrogens is 480 g/mol. The third-order valence-corrected chi connectivity index (χ3v) is 9.71. The number of carbonyl (C=O) groups is 1. The van der Waals surface area contributed by atoms with E-state index in [-0.39, 0.29) is 25.2 Å². The number of likely N-dealkylation sites (N-methyl/N-ethyl adjacent to an activating group) is 1. The first-order chi connectivity index (χ1) is 17.2. The van der Waals surface area contributed by atoms with Crippen LogP contribution in [0.3, 0.4) is 0 Å². The Morgan fingerprint density at radius 2 is 1.69 bits per heavy atom. The minimum Gasteiger partial charge on any atom is -0.497 e. The molecule has 0 unspecified atom stereocenters. The highest BCUT2D eigenvalue weighted by Crippen LogP contribution is 2.32. The van der Waals surface area contributed by atoms with E-state index in [9.17, 15) is 13.2 Å². The van der Waals surface area contributed by atoms with Crippen molar-refractivity contribution in [2.24, 2.45) is 0 Å². The van der Waals surface area contributed by atoms with Crippen LogP contribution in [0.2, 0.25) is 0 Å². The Morgan fingerprint density at radius 3 is 2.28 bits per heavy atom. The standard InChI is InChI=1S/C26H44N4O5S/c1-6-27(7-2)11-12-28-13-15-29(16-14-28)25(31)20-35-19-23-9-8-10-30(23)36(32,33)26-21(3)17-24(34-5)18-22(26)4/h17-18,23H,6-16,19-20H2,1-5H3/t23-/m0/s1. The minimum absolute atomic E-state index is 0.00950. The van der Waals surface area contributed by atoms with E-state index in [2.05, 4.69) is 23.6 Å². The molecule has 1 atom stereocenters. The fourth-order valence-corrected chi connectivity index (χ4v) is 7.36. The van der Waals surface area contributed by atoms with Gasteiger partial charge in [0.1, 0.15) is 12.4 Å². The molecule has 2 aliphatic heterocycles. The molecule has 10 heteroatoms. The van der Waals surface area contributed by atoms with E-state index >= 15 is 0 Å². The molecule has 2 heterocycles. The van der Waals surface area contributed by atoms with Crippen molar-refractivity contribution in [1.82, 2.24) is 19.0 Å². The van der Waals surface area contributed by atoms with Gasteiger partial charge < -0.3 is 19.3 Å². The Balaban J connectivity index is 1.49. The van der Waals surface area contributed by atoms with Gasteiger partial charge in [0.25, 0.3) is 0 Å². The lowest BCUT2D eigenvalue weighted by Gasteiger charge is -2.35. The number of hydrogen-bond donors (Lipinski definition) is 0. The van der Waals surface area contributed by atoms with E-state index in [1.807, 2.05) is 4.90 Å². The van der Waals surface area contributed by atoms with E-state index in [0.717, 1.165) is 52.1 Å². The number of sulfonamides is 1. The number of nitrogens with zero attached hydrogens (tertiary/aromatic N) is 4. The van der Waals surface area contributed by atoms with Crippen LogP contribution in [-0.2, 0) is 19.6 Å². The Hall–Kier alpha value is -1.72. The van der Waals surface area contributed by atoms with E-state index in [1.165, 1.54) is 0 Å². The molecule has 0 N–H and O–H groups in total. The second kappa shape index (κ2) is 13.2. The minimum atomic E-state index is -3.67. The van der Waals surface area contributed by atoms with Crippen LogP contribution in [0, 0.1) is 13.8 Å². The van der Waals surface area contributed by atoms with Gasteiger partial charge in [-0.3, -0.25) is 9.69 Å². The van der Waals surface area contributed by atoms with Gasteiger partial charge in [-0.25, -0.2) is 8.42 Å². The Morgan fingerprint density at radius 1 is 1.06 bits per heavy atom. The van der Waals surface area contributed by atoms with E-state index in [1.54, 1.807) is 37.4 Å². The first-order valence-corrected chi connectivity index (χ1v) is 14.6. The third kappa shape index (κ3) is 6.98. The highest BCUT2D eigenvalue weighted by atomic mass is 32.2. The summed E-state index contributed by atoms with van der Waals surface area (Å²) in [6.07, 6.45) is 1.51. The zero-order chi connectivity index (χ0) is 26.3. The topological polar surface area (TPSA) is 82.6 Å². The zero-order valence-electron chi connectivity index (χ0n) is 22.7. The molecule has 0 aromatic heterocycles.